The fourth-order valence-corrected chi connectivity index (χ4v) is 11.5. The van der Waals surface area contributed by atoms with E-state index in [0.29, 0.717) is 18.4 Å². The molecule has 41 heteroatoms. The Kier molecular flexibility index (Phi) is 36.6. The molecule has 0 aromatic heterocycles. The smallest absolute Gasteiger partial charge is 0.248 e. The number of rotatable bonds is 30. The van der Waals surface area contributed by atoms with Crippen LogP contribution in [0.3, 0.4) is 0 Å². The monoisotopic (exact) mass is 1470 g/mol. The van der Waals surface area contributed by atoms with Crippen LogP contribution < -0.4 is 122 Å². The molecule has 2 saturated heterocycles. The highest BCUT2D eigenvalue weighted by atomic mass is 16.3. The van der Waals surface area contributed by atoms with Crippen LogP contribution in [0, 0.1) is 0 Å². The number of guanidine groups is 6. The normalized spacial score (nSPS) is 22.5. The topological polar surface area (TPSA) is 732 Å². The van der Waals surface area contributed by atoms with E-state index in [1.54, 1.807) is 12.1 Å². The Morgan fingerprint density at radius 3 is 1.04 bits per heavy atom. The highest BCUT2D eigenvalue weighted by molar-refractivity contribution is 6.00. The summed E-state index contributed by atoms with van der Waals surface area (Å²) in [4.78, 5) is 187. The molecule has 0 radical (unpaired) electrons. The maximum Gasteiger partial charge on any atom is 0.248 e. The number of aliphatic hydroxyl groups is 1. The predicted octanol–water partition coefficient (Wildman–Crippen LogP) is -8.89. The number of carbonyl (C=O) groups is 11. The van der Waals surface area contributed by atoms with Gasteiger partial charge in [0.25, 0.3) is 0 Å². The highest BCUT2D eigenvalue weighted by Gasteiger charge is 2.41. The first-order valence-electron chi connectivity index (χ1n) is 34.6. The first kappa shape index (κ1) is 85.9. The van der Waals surface area contributed by atoms with Crippen LogP contribution in [-0.2, 0) is 59.2 Å². The molecular formula is C64H107N29O12. The number of piperidine rings is 1. The zero-order chi connectivity index (χ0) is 77.7. The van der Waals surface area contributed by atoms with E-state index >= 15 is 19.2 Å². The summed E-state index contributed by atoms with van der Waals surface area (Å²) < 4.78 is 0. The van der Waals surface area contributed by atoms with E-state index in [2.05, 4.69) is 77.8 Å². The van der Waals surface area contributed by atoms with Crippen LogP contribution in [0.5, 0.6) is 0 Å². The summed E-state index contributed by atoms with van der Waals surface area (Å²) in [6.07, 6.45) is -3.47. The Morgan fingerprint density at radius 1 is 0.410 bits per heavy atom. The number of carbonyl (C=O) groups excluding carboxylic acids is 11. The molecule has 0 bridgehead atoms. The van der Waals surface area contributed by atoms with Crippen molar-refractivity contribution in [2.24, 2.45) is 104 Å². The molecule has 11 amide bonds. The molecule has 2 heterocycles. The Hall–Kier alpha value is -11.6. The Labute approximate surface area is 607 Å². The minimum Gasteiger partial charge on any atom is -0.391 e. The van der Waals surface area contributed by atoms with Gasteiger partial charge in [0.1, 0.15) is 60.4 Å². The third-order valence-corrected chi connectivity index (χ3v) is 16.8. The van der Waals surface area contributed by atoms with E-state index in [9.17, 15) is 38.7 Å². The second kappa shape index (κ2) is 44.7. The van der Waals surface area contributed by atoms with Crippen molar-refractivity contribution in [1.29, 1.82) is 0 Å². The van der Waals surface area contributed by atoms with Crippen LogP contribution in [0.2, 0.25) is 0 Å². The van der Waals surface area contributed by atoms with Crippen LogP contribution in [0.1, 0.15) is 122 Å². The highest BCUT2D eigenvalue weighted by Crippen LogP contribution is 2.22. The minimum atomic E-state index is -1.80. The number of nitrogens with two attached hydrogens (primary N) is 13. The third-order valence-electron chi connectivity index (χ3n) is 16.8. The number of primary amides is 1. The molecule has 0 unspecified atom stereocenters. The molecule has 2 aliphatic heterocycles. The summed E-state index contributed by atoms with van der Waals surface area (Å²) in [5.74, 6) is -12.5. The van der Waals surface area contributed by atoms with Crippen LogP contribution in [0.4, 0.5) is 0 Å². The van der Waals surface area contributed by atoms with Crippen molar-refractivity contribution in [2.45, 2.75) is 189 Å². The lowest BCUT2D eigenvalue weighted by atomic mass is 9.97. The van der Waals surface area contributed by atoms with Gasteiger partial charge in [0.05, 0.1) is 6.10 Å². The maximum absolute atomic E-state index is 15.2. The second-order valence-electron chi connectivity index (χ2n) is 25.3. The van der Waals surface area contributed by atoms with Gasteiger partial charge in [-0.05, 0) is 126 Å². The number of nitrogens with zero attached hydrogens (tertiary/aromatic N) is 7. The van der Waals surface area contributed by atoms with E-state index < -0.39 is 144 Å². The number of hydrogen-bond acceptors (Lipinski definition) is 18. The van der Waals surface area contributed by atoms with Crippen LogP contribution in [0.15, 0.2) is 72.4 Å². The molecule has 11 atom stereocenters. The zero-order valence-electron chi connectivity index (χ0n) is 59.1. The van der Waals surface area contributed by atoms with Gasteiger partial charge in [0, 0.05) is 58.7 Å². The van der Waals surface area contributed by atoms with Gasteiger partial charge in [0.2, 0.25) is 65.0 Å². The molecule has 4 rings (SSSR count). The largest absolute Gasteiger partial charge is 0.391 e. The number of benzene rings is 2. The van der Waals surface area contributed by atoms with Crippen molar-refractivity contribution >= 4 is 112 Å². The number of aliphatic hydroxyl groups excluding tert-OH is 1. The Morgan fingerprint density at radius 2 is 0.714 bits per heavy atom. The molecule has 41 nitrogen and oxygen atoms in total. The van der Waals surface area contributed by atoms with Gasteiger partial charge in [0.15, 0.2) is 35.8 Å². The van der Waals surface area contributed by atoms with Gasteiger partial charge >= 0.3 is 0 Å². The standard InChI is InChI=1S/C64H107N29O12/c1-34(94)48-58(105)93-31-5-4-20-46(93)57(104)91-45(33-35-21-22-36-12-2-3-13-37(36)32-35)56(103)89-42(18-10-29-82-63(74)75)52(99)85-39(15-7-26-79-60(68)69)49(96)84-38(14-6-25-78-59(66)67)50(97)86-41(17-9-28-81-62(72)73)53(100)90-44(23-24-47(65)95)54(101)87-40(16-8-27-80-61(70)71)51(98)88-43(55(102)92-48)19-11-30-83-64(76)77/h2-3,12-13,21-22,32,34,38-46,48,94H,4-11,14-20,23-31,33H2,1H3,(H2,65,95)(H,84,96)(H,85,99)(H,86,97)(H,87,101)(H,88,98)(H,89,103)(H,90,100)(H,91,104)(H,92,102)(H4,66,67,78)(H4,68,69,79)(H4,70,71,80)(H4,72,73,81)(H4,74,75,82)(H4,76,77,83)/t34-,38-,39-,40-,41-,42+,43-,44+,45+,46+,48-/m1/s1. The lowest BCUT2D eigenvalue weighted by molar-refractivity contribution is -0.148. The van der Waals surface area contributed by atoms with Crippen LogP contribution >= 0.6 is 0 Å². The lowest BCUT2D eigenvalue weighted by Gasteiger charge is -2.38. The summed E-state index contributed by atoms with van der Waals surface area (Å²) in [6, 6.07) is -3.15. The number of amides is 11. The SMILES string of the molecule is C[C@@H](O)[C@H]1NC(=O)[C@@H](CCCN=C(N)N)NC(=O)[C@@H](CCCN=C(N)N)NC(=O)[C@H](CCC(N)=O)NC(=O)[C@@H](CCCN=C(N)N)NC(=O)[C@@H](CCCN=C(N)N)NC(=O)[C@@H](CCCN=C(N)N)NC(=O)[C@H](CCCN=C(N)N)NC(=O)[C@H](Cc2ccc3ccccc3c2)NC(=O)[C@@H]2CCCCN2C1=O. The molecule has 2 fully saturated rings. The first-order chi connectivity index (χ1) is 49.8. The zero-order valence-corrected chi connectivity index (χ0v) is 59.1. The summed E-state index contributed by atoms with van der Waals surface area (Å²) in [5, 5.41) is 36.9. The Balaban J connectivity index is 2.02. The number of hydrogen-bond donors (Lipinski definition) is 23. The van der Waals surface area contributed by atoms with E-state index in [1.165, 1.54) is 6.92 Å². The first-order valence-corrected chi connectivity index (χ1v) is 34.6. The van der Waals surface area contributed by atoms with Crippen LogP contribution in [-0.4, -0.2) is 223 Å². The average molecular weight is 1470 g/mol. The molecule has 0 spiro atoms. The molecule has 36 N–H and O–H groups in total. The molecule has 105 heavy (non-hydrogen) atoms. The van der Waals surface area contributed by atoms with Crippen molar-refractivity contribution < 1.29 is 57.8 Å². The predicted molar refractivity (Wildman–Crippen MR) is 394 cm³/mol. The fraction of sp³-hybridized carbons (Fsp3) is 0.578. The van der Waals surface area contributed by atoms with E-state index in [1.807, 2.05) is 30.3 Å². The van der Waals surface area contributed by atoms with Crippen molar-refractivity contribution in [1.82, 2.24) is 52.8 Å². The maximum atomic E-state index is 15.2. The van der Waals surface area contributed by atoms with Crippen molar-refractivity contribution in [2.75, 3.05) is 45.8 Å². The molecular weight excluding hydrogens is 1370 g/mol. The second-order valence-corrected chi connectivity index (χ2v) is 25.3. The van der Waals surface area contributed by atoms with E-state index in [4.69, 9.17) is 74.5 Å². The summed E-state index contributed by atoms with van der Waals surface area (Å²) in [6.45, 7) is 0.670. The van der Waals surface area contributed by atoms with Crippen molar-refractivity contribution in [3.05, 3.63) is 48.0 Å². The summed E-state index contributed by atoms with van der Waals surface area (Å²) in [7, 11) is 0. The number of fused-ring (bicyclic) bond motifs is 2. The van der Waals surface area contributed by atoms with Crippen molar-refractivity contribution in [3.63, 3.8) is 0 Å². The van der Waals surface area contributed by atoms with Gasteiger partial charge in [-0.15, -0.1) is 0 Å². The van der Waals surface area contributed by atoms with Gasteiger partial charge in [-0.25, -0.2) is 0 Å². The van der Waals surface area contributed by atoms with Gasteiger partial charge in [-0.3, -0.25) is 82.7 Å². The average Bonchev–Trinajstić information content (AvgIpc) is 0.822. The van der Waals surface area contributed by atoms with Crippen LogP contribution in [0.25, 0.3) is 10.8 Å². The van der Waals surface area contributed by atoms with Gasteiger partial charge < -0.3 is 132 Å². The molecule has 2 aliphatic rings. The van der Waals surface area contributed by atoms with E-state index in [0.717, 1.165) is 15.7 Å². The Bertz CT molecular complexity index is 3470. The molecule has 2 aromatic carbocycles. The summed E-state index contributed by atoms with van der Waals surface area (Å²) >= 11 is 0. The molecule has 0 saturated carbocycles. The third kappa shape index (κ3) is 31.7. The minimum absolute atomic E-state index is 0.00502. The fourth-order valence-electron chi connectivity index (χ4n) is 11.5. The van der Waals surface area contributed by atoms with E-state index in [-0.39, 0.29) is 171 Å². The molecule has 0 aliphatic carbocycles. The lowest BCUT2D eigenvalue weighted by Crippen LogP contribution is -2.63. The molecule has 580 valence electrons. The summed E-state index contributed by atoms with van der Waals surface area (Å²) in [5.41, 5.74) is 73.6. The number of aliphatic imine (C=N–C) groups is 6. The van der Waals surface area contributed by atoms with Gasteiger partial charge in [-0.2, -0.15) is 0 Å². The van der Waals surface area contributed by atoms with Gasteiger partial charge in [-0.1, -0.05) is 42.5 Å². The van der Waals surface area contributed by atoms with Crippen molar-refractivity contribution in [3.8, 4) is 0 Å². The quantitative estimate of drug-likeness (QED) is 0.0196. The number of nitrogens with one attached hydrogen (secondary N) is 9. The molecule has 2 aromatic rings.